The predicted octanol–water partition coefficient (Wildman–Crippen LogP) is 2.28. The van der Waals surface area contributed by atoms with Gasteiger partial charge in [-0.05, 0) is 37.6 Å². The SMILES string of the molecule is O=C(NCCCCN1CCOCC1)N1CCN(c2cccc(Cl)c2)CC1. The molecule has 0 radical (unpaired) electrons. The second-order valence-electron chi connectivity index (χ2n) is 6.85. The number of unbranched alkanes of at least 4 members (excludes halogenated alkanes) is 1. The maximum Gasteiger partial charge on any atom is 0.317 e. The molecule has 0 unspecified atom stereocenters. The van der Waals surface area contributed by atoms with Gasteiger partial charge in [-0.15, -0.1) is 0 Å². The fraction of sp³-hybridized carbons (Fsp3) is 0.632. The minimum Gasteiger partial charge on any atom is -0.379 e. The highest BCUT2D eigenvalue weighted by atomic mass is 35.5. The Balaban J connectivity index is 1.30. The number of nitrogens with one attached hydrogen (secondary N) is 1. The molecule has 2 aliphatic heterocycles. The number of piperazine rings is 1. The first-order chi connectivity index (χ1) is 12.7. The van der Waals surface area contributed by atoms with Gasteiger partial charge in [0.1, 0.15) is 0 Å². The number of benzene rings is 1. The number of anilines is 1. The monoisotopic (exact) mass is 380 g/mol. The lowest BCUT2D eigenvalue weighted by Crippen LogP contribution is -2.52. The zero-order chi connectivity index (χ0) is 18.2. The normalized spacial score (nSPS) is 18.8. The third-order valence-electron chi connectivity index (χ3n) is 5.02. The average Bonchev–Trinajstić information content (AvgIpc) is 2.68. The van der Waals surface area contributed by atoms with E-state index in [-0.39, 0.29) is 6.03 Å². The topological polar surface area (TPSA) is 48.1 Å². The maximum absolute atomic E-state index is 12.3. The van der Waals surface area contributed by atoms with E-state index in [4.69, 9.17) is 16.3 Å². The lowest BCUT2D eigenvalue weighted by Gasteiger charge is -2.36. The van der Waals surface area contributed by atoms with Gasteiger partial charge in [0.2, 0.25) is 0 Å². The number of hydrogen-bond donors (Lipinski definition) is 1. The number of hydrogen-bond acceptors (Lipinski definition) is 4. The average molecular weight is 381 g/mol. The zero-order valence-corrected chi connectivity index (χ0v) is 16.1. The zero-order valence-electron chi connectivity index (χ0n) is 15.3. The van der Waals surface area contributed by atoms with Crippen LogP contribution in [0, 0.1) is 0 Å². The van der Waals surface area contributed by atoms with Crippen LogP contribution in [0.25, 0.3) is 0 Å². The summed E-state index contributed by atoms with van der Waals surface area (Å²) in [5.74, 6) is 0. The van der Waals surface area contributed by atoms with Crippen LogP contribution in [0.15, 0.2) is 24.3 Å². The summed E-state index contributed by atoms with van der Waals surface area (Å²) >= 11 is 6.07. The Labute approximate surface area is 161 Å². The van der Waals surface area contributed by atoms with Crippen LogP contribution in [-0.4, -0.2) is 81.4 Å². The van der Waals surface area contributed by atoms with E-state index >= 15 is 0 Å². The highest BCUT2D eigenvalue weighted by Gasteiger charge is 2.21. The van der Waals surface area contributed by atoms with E-state index in [1.54, 1.807) is 0 Å². The van der Waals surface area contributed by atoms with Crippen molar-refractivity contribution < 1.29 is 9.53 Å². The number of carbonyl (C=O) groups excluding carboxylic acids is 1. The Morgan fingerprint density at radius 2 is 1.85 bits per heavy atom. The van der Waals surface area contributed by atoms with Gasteiger partial charge in [0.25, 0.3) is 0 Å². The number of ether oxygens (including phenoxy) is 1. The number of morpholine rings is 1. The molecular formula is C19H29ClN4O2. The lowest BCUT2D eigenvalue weighted by molar-refractivity contribution is 0.0372. The van der Waals surface area contributed by atoms with Crippen molar-refractivity contribution in [2.24, 2.45) is 0 Å². The Morgan fingerprint density at radius 3 is 2.58 bits per heavy atom. The molecule has 0 saturated carbocycles. The molecule has 2 aliphatic rings. The van der Waals surface area contributed by atoms with Crippen molar-refractivity contribution in [2.75, 3.05) is 70.5 Å². The molecule has 0 aliphatic carbocycles. The van der Waals surface area contributed by atoms with Crippen LogP contribution in [0.2, 0.25) is 5.02 Å². The minimum atomic E-state index is 0.0575. The van der Waals surface area contributed by atoms with Crippen LogP contribution in [0.5, 0.6) is 0 Å². The van der Waals surface area contributed by atoms with Gasteiger partial charge >= 0.3 is 6.03 Å². The van der Waals surface area contributed by atoms with Gasteiger partial charge in [-0.3, -0.25) is 4.90 Å². The Morgan fingerprint density at radius 1 is 1.08 bits per heavy atom. The van der Waals surface area contributed by atoms with Gasteiger partial charge in [0, 0.05) is 56.5 Å². The summed E-state index contributed by atoms with van der Waals surface area (Å²) in [5, 5.41) is 3.81. The molecule has 144 valence electrons. The molecule has 1 aromatic rings. The molecule has 2 amide bonds. The summed E-state index contributed by atoms with van der Waals surface area (Å²) in [4.78, 5) is 18.9. The minimum absolute atomic E-state index is 0.0575. The van der Waals surface area contributed by atoms with E-state index in [1.165, 1.54) is 0 Å². The van der Waals surface area contributed by atoms with E-state index in [0.29, 0.717) is 0 Å². The second-order valence-corrected chi connectivity index (χ2v) is 7.28. The number of halogens is 1. The third-order valence-corrected chi connectivity index (χ3v) is 5.26. The van der Waals surface area contributed by atoms with Crippen molar-refractivity contribution in [3.8, 4) is 0 Å². The number of urea groups is 1. The van der Waals surface area contributed by atoms with Crippen molar-refractivity contribution >= 4 is 23.3 Å². The van der Waals surface area contributed by atoms with E-state index in [2.05, 4.69) is 21.2 Å². The molecule has 2 fully saturated rings. The first kappa shape index (κ1) is 19.3. The summed E-state index contributed by atoms with van der Waals surface area (Å²) in [5.41, 5.74) is 1.13. The molecular weight excluding hydrogens is 352 g/mol. The van der Waals surface area contributed by atoms with Gasteiger partial charge in [0.05, 0.1) is 13.2 Å². The van der Waals surface area contributed by atoms with Crippen LogP contribution in [-0.2, 0) is 4.74 Å². The highest BCUT2D eigenvalue weighted by molar-refractivity contribution is 6.30. The van der Waals surface area contributed by atoms with Gasteiger partial charge < -0.3 is 19.9 Å². The first-order valence-electron chi connectivity index (χ1n) is 9.56. The summed E-state index contributed by atoms with van der Waals surface area (Å²) in [6, 6.07) is 7.95. The van der Waals surface area contributed by atoms with Crippen LogP contribution in [0.4, 0.5) is 10.5 Å². The number of nitrogens with zero attached hydrogens (tertiary/aromatic N) is 3. The van der Waals surface area contributed by atoms with E-state index in [9.17, 15) is 4.79 Å². The third kappa shape index (κ3) is 5.76. The summed E-state index contributed by atoms with van der Waals surface area (Å²) in [6.45, 7) is 8.76. The van der Waals surface area contributed by atoms with Gasteiger partial charge in [-0.2, -0.15) is 0 Å². The van der Waals surface area contributed by atoms with E-state index < -0.39 is 0 Å². The smallest absolute Gasteiger partial charge is 0.317 e. The molecule has 26 heavy (non-hydrogen) atoms. The molecule has 1 N–H and O–H groups in total. The summed E-state index contributed by atoms with van der Waals surface area (Å²) in [6.07, 6.45) is 2.13. The Hall–Kier alpha value is -1.50. The van der Waals surface area contributed by atoms with Gasteiger partial charge in [-0.1, -0.05) is 17.7 Å². The molecule has 0 aromatic heterocycles. The molecule has 2 saturated heterocycles. The number of amides is 2. The maximum atomic E-state index is 12.3. The van der Waals surface area contributed by atoms with Crippen LogP contribution < -0.4 is 10.2 Å². The fourth-order valence-corrected chi connectivity index (χ4v) is 3.62. The highest BCUT2D eigenvalue weighted by Crippen LogP contribution is 2.20. The molecule has 0 atom stereocenters. The second kappa shape index (κ2) is 10.00. The van der Waals surface area contributed by atoms with Crippen LogP contribution >= 0.6 is 11.6 Å². The molecule has 0 spiro atoms. The van der Waals surface area contributed by atoms with Gasteiger partial charge in [-0.25, -0.2) is 4.79 Å². The standard InChI is InChI=1S/C19H29ClN4O2/c20-17-4-3-5-18(16-17)23-8-10-24(11-9-23)19(25)21-6-1-2-7-22-12-14-26-15-13-22/h3-5,16H,1-2,6-15H2,(H,21,25). The van der Waals surface area contributed by atoms with Crippen molar-refractivity contribution in [1.29, 1.82) is 0 Å². The molecule has 0 bridgehead atoms. The van der Waals surface area contributed by atoms with Crippen molar-refractivity contribution in [1.82, 2.24) is 15.1 Å². The van der Waals surface area contributed by atoms with E-state index in [1.807, 2.05) is 23.1 Å². The lowest BCUT2D eigenvalue weighted by atomic mass is 10.2. The molecule has 3 rings (SSSR count). The van der Waals surface area contributed by atoms with Crippen molar-refractivity contribution in [3.05, 3.63) is 29.3 Å². The Bertz CT molecular complexity index is 572. The molecule has 7 heteroatoms. The quantitative estimate of drug-likeness (QED) is 0.769. The van der Waals surface area contributed by atoms with Gasteiger partial charge in [0.15, 0.2) is 0 Å². The van der Waals surface area contributed by atoms with Crippen molar-refractivity contribution in [2.45, 2.75) is 12.8 Å². The van der Waals surface area contributed by atoms with E-state index in [0.717, 1.165) is 89.1 Å². The molecule has 2 heterocycles. The first-order valence-corrected chi connectivity index (χ1v) is 9.93. The van der Waals surface area contributed by atoms with Crippen LogP contribution in [0.3, 0.4) is 0 Å². The fourth-order valence-electron chi connectivity index (χ4n) is 3.43. The Kier molecular flexibility index (Phi) is 7.41. The van der Waals surface area contributed by atoms with Crippen molar-refractivity contribution in [3.63, 3.8) is 0 Å². The number of rotatable bonds is 6. The number of carbonyl (C=O) groups is 1. The summed E-state index contributed by atoms with van der Waals surface area (Å²) < 4.78 is 5.35. The largest absolute Gasteiger partial charge is 0.379 e. The molecule has 1 aromatic carbocycles. The van der Waals surface area contributed by atoms with Crippen LogP contribution in [0.1, 0.15) is 12.8 Å². The molecule has 6 nitrogen and oxygen atoms in total. The summed E-state index contributed by atoms with van der Waals surface area (Å²) in [7, 11) is 0. The predicted molar refractivity (Wildman–Crippen MR) is 105 cm³/mol.